The minimum atomic E-state index is -0.000524. The van der Waals surface area contributed by atoms with Crippen LogP contribution in [-0.2, 0) is 0 Å². The summed E-state index contributed by atoms with van der Waals surface area (Å²) in [6.45, 7) is 7.68. The second-order valence-corrected chi connectivity index (χ2v) is 9.81. The van der Waals surface area contributed by atoms with Gasteiger partial charge in [-0.25, -0.2) is 0 Å². The third-order valence-corrected chi connectivity index (χ3v) is 9.33. The first-order valence-corrected chi connectivity index (χ1v) is 10.2. The van der Waals surface area contributed by atoms with Gasteiger partial charge >= 0.3 is 0 Å². The van der Waals surface area contributed by atoms with Crippen LogP contribution in [0, 0.1) is 40.4 Å². The molecular formula is C21H36O. The summed E-state index contributed by atoms with van der Waals surface area (Å²) in [5.41, 5.74) is 1.21. The van der Waals surface area contributed by atoms with Crippen LogP contribution < -0.4 is 0 Å². The van der Waals surface area contributed by atoms with Crippen LogP contribution in [0.15, 0.2) is 0 Å². The average molecular weight is 305 g/mol. The summed E-state index contributed by atoms with van der Waals surface area (Å²) in [6, 6.07) is 0. The predicted octanol–water partition coefficient (Wildman–Crippen LogP) is 5.42. The molecule has 4 aliphatic carbocycles. The maximum atomic E-state index is 10.1. The van der Waals surface area contributed by atoms with Crippen molar-refractivity contribution in [2.45, 2.75) is 91.1 Å². The number of hydrogen-bond acceptors (Lipinski definition) is 1. The number of aliphatic hydroxyl groups is 1. The molecule has 8 atom stereocenters. The summed E-state index contributed by atoms with van der Waals surface area (Å²) >= 11 is 0. The van der Waals surface area contributed by atoms with Crippen LogP contribution >= 0.6 is 0 Å². The zero-order valence-electron chi connectivity index (χ0n) is 15.0. The molecule has 0 aliphatic heterocycles. The Morgan fingerprint density at radius 1 is 0.864 bits per heavy atom. The highest BCUT2D eigenvalue weighted by atomic mass is 16.3. The Labute approximate surface area is 137 Å². The zero-order valence-corrected chi connectivity index (χ0v) is 15.0. The highest BCUT2D eigenvalue weighted by Crippen LogP contribution is 2.67. The van der Waals surface area contributed by atoms with E-state index in [0.29, 0.717) is 10.8 Å². The maximum Gasteiger partial charge on any atom is 0.0543 e. The van der Waals surface area contributed by atoms with Gasteiger partial charge < -0.3 is 5.11 Å². The third kappa shape index (κ3) is 2.00. The Bertz CT molecular complexity index is 432. The summed E-state index contributed by atoms with van der Waals surface area (Å²) < 4.78 is 0. The van der Waals surface area contributed by atoms with E-state index in [0.717, 1.165) is 42.4 Å². The highest BCUT2D eigenvalue weighted by Gasteiger charge is 2.59. The fraction of sp³-hybridized carbons (Fsp3) is 1.00. The molecule has 1 N–H and O–H groups in total. The largest absolute Gasteiger partial charge is 0.393 e. The van der Waals surface area contributed by atoms with E-state index in [1.165, 1.54) is 51.4 Å². The Kier molecular flexibility index (Phi) is 3.68. The van der Waals surface area contributed by atoms with E-state index in [9.17, 15) is 5.11 Å². The first kappa shape index (κ1) is 15.5. The van der Waals surface area contributed by atoms with Crippen molar-refractivity contribution in [2.24, 2.45) is 40.4 Å². The van der Waals surface area contributed by atoms with Gasteiger partial charge in [-0.2, -0.15) is 0 Å². The van der Waals surface area contributed by atoms with Gasteiger partial charge in [-0.1, -0.05) is 27.2 Å². The molecule has 0 aromatic rings. The van der Waals surface area contributed by atoms with Gasteiger partial charge in [0.05, 0.1) is 6.10 Å². The summed E-state index contributed by atoms with van der Waals surface area (Å²) in [5.74, 6) is 4.79. The van der Waals surface area contributed by atoms with Crippen molar-refractivity contribution < 1.29 is 5.11 Å². The first-order valence-electron chi connectivity index (χ1n) is 10.2. The standard InChI is InChI=1S/C21H36O/c1-4-14-6-8-18-17-7-5-15-13-16(22)9-11-21(15,3)19(17)10-12-20(14,18)2/h14-19,22H,4-13H2,1-3H3/t14-,15?,16-,17?,18?,19?,20+,21?/m0/s1. The minimum Gasteiger partial charge on any atom is -0.393 e. The van der Waals surface area contributed by atoms with Crippen molar-refractivity contribution >= 4 is 0 Å². The van der Waals surface area contributed by atoms with E-state index in [1.807, 2.05) is 0 Å². The van der Waals surface area contributed by atoms with Crippen LogP contribution in [0.2, 0.25) is 0 Å². The molecule has 22 heavy (non-hydrogen) atoms. The van der Waals surface area contributed by atoms with Gasteiger partial charge in [-0.15, -0.1) is 0 Å². The Balaban J connectivity index is 1.61. The van der Waals surface area contributed by atoms with Crippen LogP contribution in [0.1, 0.15) is 85.0 Å². The monoisotopic (exact) mass is 304 g/mol. The van der Waals surface area contributed by atoms with E-state index in [2.05, 4.69) is 20.8 Å². The molecule has 4 rings (SSSR count). The van der Waals surface area contributed by atoms with E-state index in [-0.39, 0.29) is 6.10 Å². The van der Waals surface area contributed by atoms with Gasteiger partial charge in [0.15, 0.2) is 0 Å². The molecule has 4 saturated carbocycles. The van der Waals surface area contributed by atoms with Crippen molar-refractivity contribution in [3.63, 3.8) is 0 Å². The van der Waals surface area contributed by atoms with Gasteiger partial charge in [0.25, 0.3) is 0 Å². The summed E-state index contributed by atoms with van der Waals surface area (Å²) in [4.78, 5) is 0. The molecular weight excluding hydrogens is 268 g/mol. The number of hydrogen-bond donors (Lipinski definition) is 1. The second kappa shape index (κ2) is 5.23. The maximum absolute atomic E-state index is 10.1. The molecule has 0 amide bonds. The number of rotatable bonds is 1. The lowest BCUT2D eigenvalue weighted by atomic mass is 9.44. The quantitative estimate of drug-likeness (QED) is 0.686. The Morgan fingerprint density at radius 3 is 2.36 bits per heavy atom. The molecule has 0 saturated heterocycles. The molecule has 1 nitrogen and oxygen atoms in total. The van der Waals surface area contributed by atoms with Crippen molar-refractivity contribution in [1.82, 2.24) is 0 Å². The second-order valence-electron chi connectivity index (χ2n) is 9.81. The van der Waals surface area contributed by atoms with Crippen molar-refractivity contribution in [1.29, 1.82) is 0 Å². The molecule has 5 unspecified atom stereocenters. The van der Waals surface area contributed by atoms with Crippen LogP contribution in [0.3, 0.4) is 0 Å². The summed E-state index contributed by atoms with van der Waals surface area (Å²) in [6.07, 6.45) is 13.7. The van der Waals surface area contributed by atoms with Crippen LogP contribution in [-0.4, -0.2) is 11.2 Å². The number of aliphatic hydroxyl groups excluding tert-OH is 1. The SMILES string of the molecule is CC[C@H]1CCC2C3CCC4C[C@@H](O)CCC4(C)C3CC[C@@]21C. The van der Waals surface area contributed by atoms with Crippen molar-refractivity contribution in [2.75, 3.05) is 0 Å². The molecule has 0 aromatic heterocycles. The van der Waals surface area contributed by atoms with Crippen molar-refractivity contribution in [3.05, 3.63) is 0 Å². The van der Waals surface area contributed by atoms with E-state index < -0.39 is 0 Å². The molecule has 1 heteroatoms. The molecule has 0 radical (unpaired) electrons. The van der Waals surface area contributed by atoms with Gasteiger partial charge in [-0.05, 0) is 98.2 Å². The molecule has 4 fully saturated rings. The van der Waals surface area contributed by atoms with Gasteiger partial charge in [0.2, 0.25) is 0 Å². The van der Waals surface area contributed by atoms with Gasteiger partial charge in [0.1, 0.15) is 0 Å². The molecule has 0 heterocycles. The molecule has 0 aromatic carbocycles. The first-order chi connectivity index (χ1) is 10.5. The smallest absolute Gasteiger partial charge is 0.0543 e. The topological polar surface area (TPSA) is 20.2 Å². The summed E-state index contributed by atoms with van der Waals surface area (Å²) in [7, 11) is 0. The Morgan fingerprint density at radius 2 is 1.59 bits per heavy atom. The van der Waals surface area contributed by atoms with E-state index >= 15 is 0 Å². The normalized spacial score (nSPS) is 57.8. The average Bonchev–Trinajstić information content (AvgIpc) is 2.84. The fourth-order valence-electron chi connectivity index (χ4n) is 8.01. The van der Waals surface area contributed by atoms with Crippen LogP contribution in [0.4, 0.5) is 0 Å². The zero-order chi connectivity index (χ0) is 15.5. The Hall–Kier alpha value is -0.0400. The minimum absolute atomic E-state index is 0.000524. The summed E-state index contributed by atoms with van der Waals surface area (Å²) in [5, 5.41) is 10.1. The predicted molar refractivity (Wildman–Crippen MR) is 91.5 cm³/mol. The molecule has 0 spiro atoms. The van der Waals surface area contributed by atoms with E-state index in [4.69, 9.17) is 0 Å². The molecule has 4 aliphatic rings. The van der Waals surface area contributed by atoms with E-state index in [1.54, 1.807) is 0 Å². The van der Waals surface area contributed by atoms with Gasteiger partial charge in [-0.3, -0.25) is 0 Å². The number of fused-ring (bicyclic) bond motifs is 5. The molecule has 126 valence electrons. The van der Waals surface area contributed by atoms with Crippen LogP contribution in [0.25, 0.3) is 0 Å². The van der Waals surface area contributed by atoms with Crippen LogP contribution in [0.5, 0.6) is 0 Å². The lowest BCUT2D eigenvalue weighted by molar-refractivity contribution is -0.126. The third-order valence-electron chi connectivity index (χ3n) is 9.33. The highest BCUT2D eigenvalue weighted by molar-refractivity contribution is 5.08. The molecule has 0 bridgehead atoms. The lowest BCUT2D eigenvalue weighted by Gasteiger charge is -2.61. The lowest BCUT2D eigenvalue weighted by Crippen LogP contribution is -2.53. The van der Waals surface area contributed by atoms with Gasteiger partial charge in [0, 0.05) is 0 Å². The fourth-order valence-corrected chi connectivity index (χ4v) is 8.01. The van der Waals surface area contributed by atoms with Crippen molar-refractivity contribution in [3.8, 4) is 0 Å².